The number of aryl methyl sites for hydroxylation is 1. The van der Waals surface area contributed by atoms with E-state index < -0.39 is 18.2 Å². The maximum atomic E-state index is 13.9. The molecule has 2 atom stereocenters. The molecule has 2 aliphatic rings. The lowest BCUT2D eigenvalue weighted by molar-refractivity contribution is -0.138. The summed E-state index contributed by atoms with van der Waals surface area (Å²) in [5.74, 6) is 0.300. The van der Waals surface area contributed by atoms with E-state index in [2.05, 4.69) is 10.2 Å². The smallest absolute Gasteiger partial charge is 0.411 e. The average Bonchev–Trinajstić information content (AvgIpc) is 3.30. The fourth-order valence-electron chi connectivity index (χ4n) is 5.08. The lowest BCUT2D eigenvalue weighted by Gasteiger charge is -2.36. The third kappa shape index (κ3) is 5.79. The summed E-state index contributed by atoms with van der Waals surface area (Å²) in [6, 6.07) is 21.0. The Morgan fingerprint density at radius 1 is 0.950 bits per heavy atom. The second-order valence-corrected chi connectivity index (χ2v) is 10.2. The normalized spacial score (nSPS) is 19.3. The Hall–Kier alpha value is -4.37. The molecule has 0 radical (unpaired) electrons. The van der Waals surface area contributed by atoms with Crippen LogP contribution < -0.4 is 10.1 Å². The number of ether oxygens (including phenoxy) is 2. The number of likely N-dealkylation sites (N-methyl/N-ethyl adjacent to an activating group) is 1. The second-order valence-electron chi connectivity index (χ2n) is 10.2. The first-order valence-electron chi connectivity index (χ1n) is 13.4. The van der Waals surface area contributed by atoms with Gasteiger partial charge in [-0.15, -0.1) is 0 Å². The van der Waals surface area contributed by atoms with Gasteiger partial charge in [-0.3, -0.25) is 14.5 Å². The molecular weight excluding hydrogens is 508 g/mol. The van der Waals surface area contributed by atoms with Crippen molar-refractivity contribution in [1.29, 1.82) is 0 Å². The number of hydrogen-bond acceptors (Lipinski definition) is 6. The Kier molecular flexibility index (Phi) is 8.02. The summed E-state index contributed by atoms with van der Waals surface area (Å²) < 4.78 is 11.0. The number of benzene rings is 3. The molecule has 0 aromatic heterocycles. The number of anilines is 1. The highest BCUT2D eigenvalue weighted by Crippen LogP contribution is 2.36. The molecule has 5 rings (SSSR count). The maximum absolute atomic E-state index is 13.9. The first kappa shape index (κ1) is 27.2. The molecule has 1 N–H and O–H groups in total. The molecule has 9 nitrogen and oxygen atoms in total. The number of carbonyl (C=O) groups excluding carboxylic acids is 3. The van der Waals surface area contributed by atoms with E-state index in [1.807, 2.05) is 43.1 Å². The van der Waals surface area contributed by atoms with Crippen molar-refractivity contribution in [3.63, 3.8) is 0 Å². The van der Waals surface area contributed by atoms with Crippen LogP contribution >= 0.6 is 0 Å². The van der Waals surface area contributed by atoms with Gasteiger partial charge in [-0.25, -0.2) is 4.79 Å². The summed E-state index contributed by atoms with van der Waals surface area (Å²) in [6.45, 7) is 5.02. The molecule has 0 unspecified atom stereocenters. The van der Waals surface area contributed by atoms with Gasteiger partial charge >= 0.3 is 6.09 Å². The maximum Gasteiger partial charge on any atom is 0.411 e. The number of hydrogen-bond donors (Lipinski definition) is 1. The molecule has 0 saturated carbocycles. The zero-order valence-corrected chi connectivity index (χ0v) is 23.0. The van der Waals surface area contributed by atoms with E-state index >= 15 is 0 Å². The summed E-state index contributed by atoms with van der Waals surface area (Å²) in [6.07, 6.45) is -1.28. The van der Waals surface area contributed by atoms with Gasteiger partial charge in [0, 0.05) is 37.4 Å². The van der Waals surface area contributed by atoms with Crippen molar-refractivity contribution in [2.75, 3.05) is 45.7 Å². The van der Waals surface area contributed by atoms with E-state index in [0.29, 0.717) is 35.7 Å². The van der Waals surface area contributed by atoms with E-state index in [4.69, 9.17) is 9.47 Å². The molecule has 0 bridgehead atoms. The lowest BCUT2D eigenvalue weighted by atomic mass is 9.99. The Morgan fingerprint density at radius 2 is 1.62 bits per heavy atom. The predicted octanol–water partition coefficient (Wildman–Crippen LogP) is 4.09. The van der Waals surface area contributed by atoms with Crippen molar-refractivity contribution in [2.24, 2.45) is 0 Å². The van der Waals surface area contributed by atoms with Crippen LogP contribution in [0.3, 0.4) is 0 Å². The number of nitrogens with zero attached hydrogens (tertiary/aromatic N) is 3. The highest BCUT2D eigenvalue weighted by Gasteiger charge is 2.48. The van der Waals surface area contributed by atoms with Crippen LogP contribution in [0.5, 0.6) is 5.75 Å². The van der Waals surface area contributed by atoms with Crippen LogP contribution in [0.2, 0.25) is 0 Å². The SMILES string of the molecule is COc1ccc(C(=O)Nc2ccc([C@@H]3OC(=O)N(Cc4ccccc4C)[C@H]3C(=O)N3CCN(C)CC3)cc2)cc1. The van der Waals surface area contributed by atoms with Crippen LogP contribution in [0.25, 0.3) is 0 Å². The van der Waals surface area contributed by atoms with Crippen LogP contribution in [0.15, 0.2) is 72.8 Å². The highest BCUT2D eigenvalue weighted by atomic mass is 16.6. The molecule has 40 heavy (non-hydrogen) atoms. The summed E-state index contributed by atoms with van der Waals surface area (Å²) in [5.41, 5.74) is 3.79. The van der Waals surface area contributed by atoms with Gasteiger partial charge in [-0.1, -0.05) is 36.4 Å². The van der Waals surface area contributed by atoms with Gasteiger partial charge in [-0.2, -0.15) is 0 Å². The molecule has 3 amide bonds. The number of cyclic esters (lactones) is 1. The van der Waals surface area contributed by atoms with Crippen LogP contribution in [0.1, 0.15) is 33.2 Å². The first-order chi connectivity index (χ1) is 19.3. The van der Waals surface area contributed by atoms with Gasteiger partial charge in [0.25, 0.3) is 5.91 Å². The quantitative estimate of drug-likeness (QED) is 0.484. The Labute approximate surface area is 234 Å². The summed E-state index contributed by atoms with van der Waals surface area (Å²) in [7, 11) is 3.61. The molecule has 0 aliphatic carbocycles. The number of piperazine rings is 1. The second kappa shape index (κ2) is 11.8. The summed E-state index contributed by atoms with van der Waals surface area (Å²) in [4.78, 5) is 45.4. The van der Waals surface area contributed by atoms with Crippen LogP contribution in [0, 0.1) is 6.92 Å². The fraction of sp³-hybridized carbons (Fsp3) is 0.323. The number of methoxy groups -OCH3 is 1. The molecule has 9 heteroatoms. The van der Waals surface area contributed by atoms with Crippen molar-refractivity contribution in [3.8, 4) is 5.75 Å². The minimum atomic E-state index is -0.796. The van der Waals surface area contributed by atoms with Gasteiger partial charge in [0.1, 0.15) is 5.75 Å². The van der Waals surface area contributed by atoms with E-state index in [9.17, 15) is 14.4 Å². The average molecular weight is 543 g/mol. The Morgan fingerprint density at radius 3 is 2.27 bits per heavy atom. The number of amides is 3. The number of nitrogens with one attached hydrogen (secondary N) is 1. The van der Waals surface area contributed by atoms with Crippen LogP contribution in [-0.4, -0.2) is 79.0 Å². The van der Waals surface area contributed by atoms with E-state index in [1.54, 1.807) is 60.5 Å². The molecule has 208 valence electrons. The summed E-state index contributed by atoms with van der Waals surface area (Å²) in [5, 5.41) is 2.88. The molecule has 0 spiro atoms. The highest BCUT2D eigenvalue weighted by molar-refractivity contribution is 6.04. The minimum absolute atomic E-state index is 0.116. The number of carbonyl (C=O) groups is 3. The third-order valence-electron chi connectivity index (χ3n) is 7.60. The Bertz CT molecular complexity index is 1370. The molecule has 2 saturated heterocycles. The van der Waals surface area contributed by atoms with Crippen LogP contribution in [0.4, 0.5) is 10.5 Å². The zero-order chi connectivity index (χ0) is 28.2. The van der Waals surface area contributed by atoms with E-state index in [-0.39, 0.29) is 18.4 Å². The van der Waals surface area contributed by atoms with Crippen molar-refractivity contribution < 1.29 is 23.9 Å². The molecule has 3 aromatic carbocycles. The molecule has 2 aliphatic heterocycles. The standard InChI is InChI=1S/C31H34N4O5/c1-21-6-4-5-7-24(21)20-35-27(30(37)34-18-16-33(2)17-19-34)28(40-31(35)38)22-8-12-25(13-9-22)32-29(36)23-10-14-26(39-3)15-11-23/h4-15,27-28H,16-20H2,1-3H3,(H,32,36)/t27-,28+/m1/s1. The van der Waals surface area contributed by atoms with Gasteiger partial charge in [0.05, 0.1) is 13.7 Å². The third-order valence-corrected chi connectivity index (χ3v) is 7.60. The van der Waals surface area contributed by atoms with E-state index in [0.717, 1.165) is 24.2 Å². The minimum Gasteiger partial charge on any atom is -0.497 e. The largest absolute Gasteiger partial charge is 0.497 e. The molecule has 2 heterocycles. The lowest BCUT2D eigenvalue weighted by Crippen LogP contribution is -2.54. The van der Waals surface area contributed by atoms with Gasteiger partial charge in [0.15, 0.2) is 12.1 Å². The van der Waals surface area contributed by atoms with Gasteiger partial charge in [0.2, 0.25) is 5.91 Å². The summed E-state index contributed by atoms with van der Waals surface area (Å²) >= 11 is 0. The molecule has 3 aromatic rings. The molecule has 2 fully saturated rings. The van der Waals surface area contributed by atoms with Gasteiger partial charge < -0.3 is 24.6 Å². The van der Waals surface area contributed by atoms with Crippen molar-refractivity contribution in [1.82, 2.24) is 14.7 Å². The van der Waals surface area contributed by atoms with Crippen molar-refractivity contribution in [3.05, 3.63) is 95.1 Å². The number of rotatable bonds is 7. The zero-order valence-electron chi connectivity index (χ0n) is 23.0. The van der Waals surface area contributed by atoms with Crippen molar-refractivity contribution >= 4 is 23.6 Å². The topological polar surface area (TPSA) is 91.4 Å². The van der Waals surface area contributed by atoms with E-state index in [1.165, 1.54) is 0 Å². The van der Waals surface area contributed by atoms with Gasteiger partial charge in [-0.05, 0) is 67.1 Å². The Balaban J connectivity index is 1.37. The van der Waals surface area contributed by atoms with Crippen molar-refractivity contribution in [2.45, 2.75) is 25.6 Å². The molecular formula is C31H34N4O5. The van der Waals surface area contributed by atoms with Crippen LogP contribution in [-0.2, 0) is 16.1 Å². The predicted molar refractivity (Wildman–Crippen MR) is 151 cm³/mol. The first-order valence-corrected chi connectivity index (χ1v) is 13.4. The monoisotopic (exact) mass is 542 g/mol. The fourth-order valence-corrected chi connectivity index (χ4v) is 5.08.